The van der Waals surface area contributed by atoms with Gasteiger partial charge in [0.1, 0.15) is 18.0 Å². The molecule has 1 heterocycles. The number of carbonyl (C=O) groups excluding carboxylic acids is 4. The third-order valence-corrected chi connectivity index (χ3v) is 5.89. The summed E-state index contributed by atoms with van der Waals surface area (Å²) in [5, 5.41) is 13.4. The Morgan fingerprint density at radius 1 is 1.19 bits per heavy atom. The third kappa shape index (κ3) is 3.62. The number of imide groups is 1. The van der Waals surface area contributed by atoms with Crippen LogP contribution >= 0.6 is 0 Å². The summed E-state index contributed by atoms with van der Waals surface area (Å²) in [4.78, 5) is 60.7. The van der Waals surface area contributed by atoms with Gasteiger partial charge in [0, 0.05) is 12.1 Å². The van der Waals surface area contributed by atoms with Gasteiger partial charge in [0.15, 0.2) is 6.61 Å². The fraction of sp³-hybridized carbons (Fsp3) is 0.400. The van der Waals surface area contributed by atoms with E-state index < -0.39 is 41.8 Å². The lowest BCUT2D eigenvalue weighted by Gasteiger charge is -2.16. The molecule has 162 valence electrons. The Kier molecular flexibility index (Phi) is 5.17. The van der Waals surface area contributed by atoms with Crippen molar-refractivity contribution in [2.24, 2.45) is 23.7 Å². The highest BCUT2D eigenvalue weighted by molar-refractivity contribution is 6.08. The highest BCUT2D eigenvalue weighted by atomic mass is 16.6. The van der Waals surface area contributed by atoms with Crippen LogP contribution in [0.4, 0.5) is 11.4 Å². The molecule has 1 aromatic carbocycles. The van der Waals surface area contributed by atoms with Crippen molar-refractivity contribution in [1.29, 1.82) is 0 Å². The van der Waals surface area contributed by atoms with E-state index >= 15 is 0 Å². The molecule has 11 nitrogen and oxygen atoms in total. The first-order valence-corrected chi connectivity index (χ1v) is 9.61. The van der Waals surface area contributed by atoms with Gasteiger partial charge in [-0.1, -0.05) is 12.2 Å². The van der Waals surface area contributed by atoms with Crippen molar-refractivity contribution in [3.63, 3.8) is 0 Å². The smallest absolute Gasteiger partial charge is 0.326 e. The molecule has 31 heavy (non-hydrogen) atoms. The van der Waals surface area contributed by atoms with E-state index in [2.05, 4.69) is 5.32 Å². The van der Waals surface area contributed by atoms with Crippen LogP contribution in [0.3, 0.4) is 0 Å². The van der Waals surface area contributed by atoms with Crippen molar-refractivity contribution < 1.29 is 33.6 Å². The molecule has 2 aliphatic carbocycles. The van der Waals surface area contributed by atoms with Gasteiger partial charge in [0.05, 0.1) is 23.9 Å². The first kappa shape index (κ1) is 20.5. The number of methoxy groups -OCH3 is 1. The number of allylic oxidation sites excluding steroid dienone is 2. The minimum Gasteiger partial charge on any atom is -0.497 e. The number of likely N-dealkylation sites (tertiary alicyclic amines) is 1. The zero-order valence-electron chi connectivity index (χ0n) is 16.5. The van der Waals surface area contributed by atoms with Gasteiger partial charge in [0.2, 0.25) is 11.8 Å². The van der Waals surface area contributed by atoms with Crippen LogP contribution in [0.25, 0.3) is 0 Å². The maximum absolute atomic E-state index is 12.6. The molecule has 2 fully saturated rings. The van der Waals surface area contributed by atoms with E-state index in [0.29, 0.717) is 0 Å². The van der Waals surface area contributed by atoms with Gasteiger partial charge in [-0.05, 0) is 24.3 Å². The highest BCUT2D eigenvalue weighted by Gasteiger charge is 2.59. The minimum atomic E-state index is -0.919. The van der Waals surface area contributed by atoms with Gasteiger partial charge in [0.25, 0.3) is 11.6 Å². The Morgan fingerprint density at radius 2 is 1.84 bits per heavy atom. The summed E-state index contributed by atoms with van der Waals surface area (Å²) in [6, 6.07) is 3.80. The van der Waals surface area contributed by atoms with Crippen LogP contribution in [-0.4, -0.2) is 53.8 Å². The number of nitro groups is 1. The van der Waals surface area contributed by atoms with Crippen molar-refractivity contribution in [2.75, 3.05) is 25.6 Å². The highest BCUT2D eigenvalue weighted by Crippen LogP contribution is 2.52. The molecule has 3 amide bonds. The Morgan fingerprint density at radius 3 is 2.42 bits per heavy atom. The van der Waals surface area contributed by atoms with Crippen molar-refractivity contribution in [1.82, 2.24) is 4.90 Å². The number of anilines is 1. The van der Waals surface area contributed by atoms with Crippen LogP contribution in [0.1, 0.15) is 6.42 Å². The van der Waals surface area contributed by atoms with Gasteiger partial charge in [-0.2, -0.15) is 0 Å². The molecule has 1 aromatic rings. The average molecular weight is 429 g/mol. The molecule has 1 saturated carbocycles. The number of nitro benzene ring substituents is 1. The Bertz CT molecular complexity index is 990. The predicted octanol–water partition coefficient (Wildman–Crippen LogP) is 0.892. The van der Waals surface area contributed by atoms with E-state index in [1.165, 1.54) is 25.3 Å². The van der Waals surface area contributed by atoms with Gasteiger partial charge >= 0.3 is 5.97 Å². The lowest BCUT2D eigenvalue weighted by atomic mass is 9.85. The van der Waals surface area contributed by atoms with Crippen LogP contribution in [0.2, 0.25) is 0 Å². The molecule has 0 radical (unpaired) electrons. The maximum Gasteiger partial charge on any atom is 0.326 e. The zero-order chi connectivity index (χ0) is 22.3. The van der Waals surface area contributed by atoms with Crippen LogP contribution < -0.4 is 10.1 Å². The molecule has 1 saturated heterocycles. The van der Waals surface area contributed by atoms with Gasteiger partial charge < -0.3 is 14.8 Å². The van der Waals surface area contributed by atoms with E-state index in [-0.39, 0.29) is 40.8 Å². The third-order valence-electron chi connectivity index (χ3n) is 5.89. The molecule has 1 N–H and O–H groups in total. The topological polar surface area (TPSA) is 145 Å². The van der Waals surface area contributed by atoms with E-state index in [1.54, 1.807) is 0 Å². The number of hydrogen-bond donors (Lipinski definition) is 1. The fourth-order valence-corrected chi connectivity index (χ4v) is 4.53. The van der Waals surface area contributed by atoms with E-state index in [1.807, 2.05) is 12.2 Å². The van der Waals surface area contributed by atoms with Crippen molar-refractivity contribution in [3.8, 4) is 5.75 Å². The normalized spacial score (nSPS) is 25.5. The molecular formula is C20H19N3O8. The summed E-state index contributed by atoms with van der Waals surface area (Å²) in [6.07, 6.45) is 4.67. The molecule has 3 aliphatic rings. The van der Waals surface area contributed by atoms with Crippen molar-refractivity contribution >= 4 is 35.1 Å². The predicted molar refractivity (Wildman–Crippen MR) is 104 cm³/mol. The maximum atomic E-state index is 12.6. The number of rotatable bonds is 7. The summed E-state index contributed by atoms with van der Waals surface area (Å²) in [5.74, 6) is -3.02. The number of carbonyl (C=O) groups is 4. The Hall–Kier alpha value is -3.76. The number of nitrogens with one attached hydrogen (secondary N) is 1. The molecule has 0 unspecified atom stereocenters. The lowest BCUT2D eigenvalue weighted by Crippen LogP contribution is -2.38. The summed E-state index contributed by atoms with van der Waals surface area (Å²) in [7, 11) is 1.37. The van der Waals surface area contributed by atoms with Gasteiger partial charge in [-0.25, -0.2) is 0 Å². The van der Waals surface area contributed by atoms with Crippen molar-refractivity contribution in [2.45, 2.75) is 6.42 Å². The summed E-state index contributed by atoms with van der Waals surface area (Å²) in [5.41, 5.74) is -0.477. The molecule has 2 bridgehead atoms. The summed E-state index contributed by atoms with van der Waals surface area (Å²) >= 11 is 0. The number of hydrogen-bond acceptors (Lipinski definition) is 8. The first-order valence-electron chi connectivity index (χ1n) is 9.61. The molecule has 4 rings (SSSR count). The van der Waals surface area contributed by atoms with Crippen LogP contribution in [0.15, 0.2) is 30.4 Å². The van der Waals surface area contributed by atoms with E-state index in [9.17, 15) is 29.3 Å². The first-order chi connectivity index (χ1) is 14.8. The Balaban J connectivity index is 1.33. The SMILES string of the molecule is COc1ccc([N+](=O)[O-])c(NC(=O)COC(=O)CN2C(=O)[C@@H]3[C@H](C2=O)[C@H]2C=C[C@H]3C2)c1. The second kappa shape index (κ2) is 7.82. The number of esters is 1. The molecule has 0 aromatic heterocycles. The number of ether oxygens (including phenoxy) is 2. The number of amides is 3. The van der Waals surface area contributed by atoms with Crippen LogP contribution in [0, 0.1) is 33.8 Å². The van der Waals surface area contributed by atoms with Gasteiger partial charge in [-0.3, -0.25) is 34.2 Å². The molecular weight excluding hydrogens is 410 g/mol. The van der Waals surface area contributed by atoms with E-state index in [0.717, 1.165) is 11.3 Å². The second-order valence-corrected chi connectivity index (χ2v) is 7.61. The van der Waals surface area contributed by atoms with Crippen molar-refractivity contribution in [3.05, 3.63) is 40.5 Å². The largest absolute Gasteiger partial charge is 0.497 e. The number of fused-ring (bicyclic) bond motifs is 5. The standard InChI is InChI=1S/C20H19N3O8/c1-30-12-4-5-14(23(28)29)13(7-12)21-15(24)9-31-16(25)8-22-19(26)17-10-2-3-11(6-10)18(17)20(22)27/h2-5,7,10-11,17-18H,6,8-9H2,1H3,(H,21,24)/t10-,11-,17-,18+/m0/s1. The molecule has 1 aliphatic heterocycles. The zero-order valence-corrected chi connectivity index (χ0v) is 16.5. The Labute approximate surface area is 176 Å². The molecule has 4 atom stereocenters. The second-order valence-electron chi connectivity index (χ2n) is 7.61. The minimum absolute atomic E-state index is 0.0249. The van der Waals surface area contributed by atoms with Gasteiger partial charge in [-0.15, -0.1) is 0 Å². The fourth-order valence-electron chi connectivity index (χ4n) is 4.53. The quantitative estimate of drug-likeness (QED) is 0.221. The van der Waals surface area contributed by atoms with Crippen LogP contribution in [-0.2, 0) is 23.9 Å². The van der Waals surface area contributed by atoms with E-state index in [4.69, 9.17) is 9.47 Å². The number of benzene rings is 1. The molecule has 0 spiro atoms. The molecule has 11 heteroatoms. The average Bonchev–Trinajstić information content (AvgIpc) is 3.42. The van der Waals surface area contributed by atoms with Crippen LogP contribution in [0.5, 0.6) is 5.75 Å². The summed E-state index contributed by atoms with van der Waals surface area (Å²) in [6.45, 7) is -1.31. The monoisotopic (exact) mass is 429 g/mol. The summed E-state index contributed by atoms with van der Waals surface area (Å²) < 4.78 is 9.85. The lowest BCUT2D eigenvalue weighted by molar-refractivity contribution is -0.383. The number of nitrogens with zero attached hydrogens (tertiary/aromatic N) is 2.